The second-order valence-electron chi connectivity index (χ2n) is 3.70. The summed E-state index contributed by atoms with van der Waals surface area (Å²) in [6, 6.07) is 2.53. The molecule has 0 aromatic carbocycles. The van der Waals surface area contributed by atoms with E-state index in [1.54, 1.807) is 6.33 Å². The Morgan fingerprint density at radius 3 is 2.67 bits per heavy atom. The van der Waals surface area contributed by atoms with Crippen LogP contribution in [0.3, 0.4) is 0 Å². The van der Waals surface area contributed by atoms with Crippen molar-refractivity contribution in [3.63, 3.8) is 0 Å². The molecule has 0 fully saturated rings. The molecule has 0 N–H and O–H groups in total. The van der Waals surface area contributed by atoms with Gasteiger partial charge in [-0.3, -0.25) is 0 Å². The molecule has 0 bridgehead atoms. The molecule has 0 saturated carbocycles. The van der Waals surface area contributed by atoms with Gasteiger partial charge >= 0.3 is 0 Å². The molecule has 1 heterocycles. The average Bonchev–Trinajstić information content (AvgIpc) is 2.25. The monoisotopic (exact) mass is 271 g/mol. The van der Waals surface area contributed by atoms with E-state index in [-0.39, 0.29) is 0 Å². The first-order valence-corrected chi connectivity index (χ1v) is 6.44. The topological polar surface area (TPSA) is 29.0 Å². The maximum absolute atomic E-state index is 4.32. The van der Waals surface area contributed by atoms with Crippen LogP contribution >= 0.6 is 15.9 Å². The van der Waals surface area contributed by atoms with Gasteiger partial charge in [0.25, 0.3) is 0 Å². The van der Waals surface area contributed by atoms with E-state index in [1.165, 1.54) is 0 Å². The molecule has 0 radical (unpaired) electrons. The molecule has 1 rings (SSSR count). The molecule has 0 aliphatic heterocycles. The van der Waals surface area contributed by atoms with Gasteiger partial charge in [-0.05, 0) is 20.3 Å². The van der Waals surface area contributed by atoms with Gasteiger partial charge in [-0.1, -0.05) is 22.9 Å². The van der Waals surface area contributed by atoms with Crippen LogP contribution < -0.4 is 4.90 Å². The van der Waals surface area contributed by atoms with Gasteiger partial charge in [0.1, 0.15) is 12.1 Å². The molecule has 0 amide bonds. The van der Waals surface area contributed by atoms with Crippen molar-refractivity contribution in [2.24, 2.45) is 0 Å². The standard InChI is InChI=1S/C11H18BrN3/c1-4-10-7-11(14-8-13-10)15(6-5-12)9(2)3/h7-9H,4-6H2,1-3H3. The number of aryl methyl sites for hydroxylation is 1. The van der Waals surface area contributed by atoms with Crippen molar-refractivity contribution in [3.8, 4) is 0 Å². The van der Waals surface area contributed by atoms with Gasteiger partial charge in [-0.15, -0.1) is 0 Å². The molecular weight excluding hydrogens is 254 g/mol. The van der Waals surface area contributed by atoms with Gasteiger partial charge < -0.3 is 4.90 Å². The van der Waals surface area contributed by atoms with E-state index in [2.05, 4.69) is 57.6 Å². The highest BCUT2D eigenvalue weighted by Crippen LogP contribution is 2.14. The smallest absolute Gasteiger partial charge is 0.132 e. The predicted octanol–water partition coefficient (Wildman–Crippen LogP) is 2.65. The van der Waals surface area contributed by atoms with Crippen molar-refractivity contribution in [1.82, 2.24) is 9.97 Å². The van der Waals surface area contributed by atoms with E-state index in [1.807, 2.05) is 0 Å². The van der Waals surface area contributed by atoms with Gasteiger partial charge in [-0.2, -0.15) is 0 Å². The third-order valence-corrected chi connectivity index (χ3v) is 2.67. The van der Waals surface area contributed by atoms with Crippen molar-refractivity contribution < 1.29 is 0 Å². The highest BCUT2D eigenvalue weighted by Gasteiger charge is 2.11. The van der Waals surface area contributed by atoms with Gasteiger partial charge in [0, 0.05) is 29.7 Å². The largest absolute Gasteiger partial charge is 0.353 e. The van der Waals surface area contributed by atoms with Crippen molar-refractivity contribution in [2.45, 2.75) is 33.2 Å². The molecule has 0 saturated heterocycles. The van der Waals surface area contributed by atoms with Crippen LogP contribution in [0.1, 0.15) is 26.5 Å². The zero-order valence-corrected chi connectivity index (χ0v) is 11.2. The van der Waals surface area contributed by atoms with Crippen molar-refractivity contribution in [2.75, 3.05) is 16.8 Å². The van der Waals surface area contributed by atoms with E-state index >= 15 is 0 Å². The summed E-state index contributed by atoms with van der Waals surface area (Å²) in [6.45, 7) is 7.43. The number of hydrogen-bond donors (Lipinski definition) is 0. The van der Waals surface area contributed by atoms with E-state index in [9.17, 15) is 0 Å². The summed E-state index contributed by atoms with van der Waals surface area (Å²) in [5, 5.41) is 0.955. The maximum Gasteiger partial charge on any atom is 0.132 e. The summed E-state index contributed by atoms with van der Waals surface area (Å²) < 4.78 is 0. The zero-order chi connectivity index (χ0) is 11.3. The van der Waals surface area contributed by atoms with Gasteiger partial charge in [0.15, 0.2) is 0 Å². The Hall–Kier alpha value is -0.640. The number of aromatic nitrogens is 2. The Morgan fingerprint density at radius 2 is 2.13 bits per heavy atom. The van der Waals surface area contributed by atoms with E-state index in [0.717, 1.165) is 29.8 Å². The third kappa shape index (κ3) is 3.45. The predicted molar refractivity (Wildman–Crippen MR) is 67.7 cm³/mol. The molecule has 3 nitrogen and oxygen atoms in total. The molecule has 1 aromatic heterocycles. The third-order valence-electron chi connectivity index (χ3n) is 2.31. The van der Waals surface area contributed by atoms with Crippen LogP contribution in [0.25, 0.3) is 0 Å². The van der Waals surface area contributed by atoms with Crippen LogP contribution in [0.15, 0.2) is 12.4 Å². The minimum atomic E-state index is 0.460. The fraction of sp³-hybridized carbons (Fsp3) is 0.636. The van der Waals surface area contributed by atoms with Crippen LogP contribution in [-0.2, 0) is 6.42 Å². The quantitative estimate of drug-likeness (QED) is 0.772. The highest BCUT2D eigenvalue weighted by molar-refractivity contribution is 9.09. The van der Waals surface area contributed by atoms with E-state index in [0.29, 0.717) is 6.04 Å². The number of halogens is 1. The summed E-state index contributed by atoms with van der Waals surface area (Å²) >= 11 is 3.47. The lowest BCUT2D eigenvalue weighted by Gasteiger charge is -2.27. The first kappa shape index (κ1) is 12.4. The molecule has 4 heteroatoms. The molecule has 0 aliphatic rings. The van der Waals surface area contributed by atoms with E-state index < -0.39 is 0 Å². The lowest BCUT2D eigenvalue weighted by atomic mass is 10.2. The summed E-state index contributed by atoms with van der Waals surface area (Å²) in [5.41, 5.74) is 1.10. The summed E-state index contributed by atoms with van der Waals surface area (Å²) in [4.78, 5) is 10.8. The normalized spacial score (nSPS) is 10.7. The van der Waals surface area contributed by atoms with Crippen LogP contribution in [0.2, 0.25) is 0 Å². The minimum Gasteiger partial charge on any atom is -0.353 e. The average molecular weight is 272 g/mol. The summed E-state index contributed by atoms with van der Waals surface area (Å²) in [7, 11) is 0. The highest BCUT2D eigenvalue weighted by atomic mass is 79.9. The van der Waals surface area contributed by atoms with Gasteiger partial charge in [-0.25, -0.2) is 9.97 Å². The molecule has 0 spiro atoms. The SMILES string of the molecule is CCc1cc(N(CCBr)C(C)C)ncn1. The summed E-state index contributed by atoms with van der Waals surface area (Å²) in [6.07, 6.45) is 2.60. The Labute approximate surface area is 100 Å². The molecule has 0 unspecified atom stereocenters. The Balaban J connectivity index is 2.89. The maximum atomic E-state index is 4.32. The molecular formula is C11H18BrN3. The number of anilines is 1. The van der Waals surface area contributed by atoms with Crippen molar-refractivity contribution in [1.29, 1.82) is 0 Å². The molecule has 84 valence electrons. The number of alkyl halides is 1. The molecule has 0 atom stereocenters. The lowest BCUT2D eigenvalue weighted by molar-refractivity contribution is 0.694. The minimum absolute atomic E-state index is 0.460. The molecule has 1 aromatic rings. The molecule has 0 aliphatic carbocycles. The Kier molecular flexibility index (Phi) is 5.02. The van der Waals surface area contributed by atoms with E-state index in [4.69, 9.17) is 0 Å². The van der Waals surface area contributed by atoms with Gasteiger partial charge in [0.2, 0.25) is 0 Å². The number of nitrogens with zero attached hydrogens (tertiary/aromatic N) is 3. The second-order valence-corrected chi connectivity index (χ2v) is 4.49. The fourth-order valence-corrected chi connectivity index (χ4v) is 1.85. The first-order chi connectivity index (χ1) is 7.19. The van der Waals surface area contributed by atoms with Crippen LogP contribution in [0.4, 0.5) is 5.82 Å². The fourth-order valence-electron chi connectivity index (χ4n) is 1.46. The van der Waals surface area contributed by atoms with Gasteiger partial charge in [0.05, 0.1) is 0 Å². The summed E-state index contributed by atoms with van der Waals surface area (Å²) in [5.74, 6) is 1.02. The van der Waals surface area contributed by atoms with Crippen LogP contribution in [-0.4, -0.2) is 27.9 Å². The van der Waals surface area contributed by atoms with Crippen LogP contribution in [0.5, 0.6) is 0 Å². The van der Waals surface area contributed by atoms with Crippen LogP contribution in [0, 0.1) is 0 Å². The molecule has 15 heavy (non-hydrogen) atoms. The lowest BCUT2D eigenvalue weighted by Crippen LogP contribution is -2.33. The second kappa shape index (κ2) is 6.05. The Bertz CT molecular complexity index is 302. The zero-order valence-electron chi connectivity index (χ0n) is 9.57. The van der Waals surface area contributed by atoms with Crippen molar-refractivity contribution >= 4 is 21.7 Å². The number of hydrogen-bond acceptors (Lipinski definition) is 3. The first-order valence-electron chi connectivity index (χ1n) is 5.32. The Morgan fingerprint density at radius 1 is 1.40 bits per heavy atom. The number of rotatable bonds is 5. The van der Waals surface area contributed by atoms with Crippen molar-refractivity contribution in [3.05, 3.63) is 18.1 Å².